The van der Waals surface area contributed by atoms with Crippen LogP contribution < -0.4 is 10.1 Å². The Kier molecular flexibility index (Phi) is 4.12. The van der Waals surface area contributed by atoms with Crippen molar-refractivity contribution in [2.75, 3.05) is 11.9 Å². The minimum Gasteiger partial charge on any atom is -0.493 e. The lowest BCUT2D eigenvalue weighted by Gasteiger charge is -2.25. The van der Waals surface area contributed by atoms with E-state index >= 15 is 0 Å². The number of pyridine rings is 1. The molecule has 0 saturated carbocycles. The lowest BCUT2D eigenvalue weighted by molar-refractivity contribution is -0.116. The van der Waals surface area contributed by atoms with Gasteiger partial charge < -0.3 is 9.72 Å². The van der Waals surface area contributed by atoms with Crippen LogP contribution >= 0.6 is 0 Å². The molecule has 1 aromatic carbocycles. The highest BCUT2D eigenvalue weighted by Crippen LogP contribution is 2.35. The van der Waals surface area contributed by atoms with Gasteiger partial charge in [-0.1, -0.05) is 18.2 Å². The first-order chi connectivity index (χ1) is 12.3. The third kappa shape index (κ3) is 3.35. The predicted molar refractivity (Wildman–Crippen MR) is 92.2 cm³/mol. The molecule has 0 aliphatic carbocycles. The minimum atomic E-state index is -0.0980. The number of aromatic amines is 1. The molecule has 0 fully saturated rings. The van der Waals surface area contributed by atoms with Crippen molar-refractivity contribution in [3.05, 3.63) is 54.4 Å². The maximum absolute atomic E-state index is 12.4. The number of anilines is 1. The molecule has 1 aliphatic rings. The van der Waals surface area contributed by atoms with E-state index in [1.807, 2.05) is 36.4 Å². The van der Waals surface area contributed by atoms with Gasteiger partial charge in [0, 0.05) is 24.4 Å². The maximum atomic E-state index is 12.4. The summed E-state index contributed by atoms with van der Waals surface area (Å²) in [4.78, 5) is 19.4. The van der Waals surface area contributed by atoms with E-state index in [9.17, 15) is 4.79 Å². The molecule has 1 amide bonds. The molecule has 0 radical (unpaired) electrons. The largest absolute Gasteiger partial charge is 0.493 e. The van der Waals surface area contributed by atoms with E-state index < -0.39 is 0 Å². The molecule has 3 heterocycles. The Morgan fingerprint density at radius 1 is 1.20 bits per heavy atom. The number of rotatable bonds is 4. The fourth-order valence-electron chi connectivity index (χ4n) is 2.99. The second-order valence-electron chi connectivity index (χ2n) is 5.88. The van der Waals surface area contributed by atoms with Gasteiger partial charge >= 0.3 is 0 Å². The second-order valence-corrected chi connectivity index (χ2v) is 5.88. The topological polar surface area (TPSA) is 92.8 Å². The molecule has 7 nitrogen and oxygen atoms in total. The number of nitrogens with zero attached hydrogens (tertiary/aromatic N) is 3. The normalized spacial score (nSPS) is 15.9. The van der Waals surface area contributed by atoms with E-state index in [-0.39, 0.29) is 11.8 Å². The molecule has 25 heavy (non-hydrogen) atoms. The molecular formula is C18H17N5O2. The van der Waals surface area contributed by atoms with Gasteiger partial charge in [0.1, 0.15) is 5.75 Å². The summed E-state index contributed by atoms with van der Waals surface area (Å²) in [6.45, 7) is 0.628. The molecular weight excluding hydrogens is 318 g/mol. The van der Waals surface area contributed by atoms with E-state index in [1.165, 1.54) is 0 Å². The number of fused-ring (bicyclic) bond motifs is 1. The third-order valence-electron chi connectivity index (χ3n) is 4.21. The van der Waals surface area contributed by atoms with Gasteiger partial charge in [0.25, 0.3) is 0 Å². The first-order valence-corrected chi connectivity index (χ1v) is 8.14. The van der Waals surface area contributed by atoms with Gasteiger partial charge in [-0.25, -0.2) is 0 Å². The van der Waals surface area contributed by atoms with Gasteiger partial charge in [0.15, 0.2) is 5.82 Å². The quantitative estimate of drug-likeness (QED) is 0.765. The van der Waals surface area contributed by atoms with Crippen LogP contribution in [0.4, 0.5) is 5.95 Å². The summed E-state index contributed by atoms with van der Waals surface area (Å²) in [5.74, 6) is 1.85. The number of aromatic nitrogens is 4. The van der Waals surface area contributed by atoms with Crippen molar-refractivity contribution in [2.45, 2.75) is 18.8 Å². The molecule has 1 unspecified atom stereocenters. The molecule has 0 bridgehead atoms. The van der Waals surface area contributed by atoms with Gasteiger partial charge in [-0.15, -0.1) is 10.2 Å². The molecule has 0 spiro atoms. The highest BCUT2D eigenvalue weighted by atomic mass is 16.5. The van der Waals surface area contributed by atoms with Crippen molar-refractivity contribution in [3.8, 4) is 17.1 Å². The number of hydrogen-bond donors (Lipinski definition) is 2. The van der Waals surface area contributed by atoms with Crippen LogP contribution in [0.1, 0.15) is 24.3 Å². The van der Waals surface area contributed by atoms with Crippen LogP contribution in [0.2, 0.25) is 0 Å². The lowest BCUT2D eigenvalue weighted by atomic mass is 9.90. The zero-order valence-electron chi connectivity index (χ0n) is 13.5. The fraction of sp³-hybridized carbons (Fsp3) is 0.222. The zero-order chi connectivity index (χ0) is 17.1. The second kappa shape index (κ2) is 6.72. The van der Waals surface area contributed by atoms with Crippen molar-refractivity contribution in [1.29, 1.82) is 0 Å². The van der Waals surface area contributed by atoms with Crippen molar-refractivity contribution >= 4 is 11.9 Å². The smallest absolute Gasteiger partial charge is 0.228 e. The van der Waals surface area contributed by atoms with E-state index in [4.69, 9.17) is 4.74 Å². The molecule has 1 aliphatic heterocycles. The van der Waals surface area contributed by atoms with E-state index in [2.05, 4.69) is 25.5 Å². The fourth-order valence-corrected chi connectivity index (χ4v) is 2.99. The Morgan fingerprint density at radius 3 is 2.92 bits per heavy atom. The van der Waals surface area contributed by atoms with Crippen LogP contribution in [0, 0.1) is 0 Å². The van der Waals surface area contributed by atoms with Crippen molar-refractivity contribution in [2.24, 2.45) is 0 Å². The highest BCUT2D eigenvalue weighted by molar-refractivity contribution is 5.89. The van der Waals surface area contributed by atoms with Crippen LogP contribution in [-0.2, 0) is 4.79 Å². The number of carbonyl (C=O) groups is 1. The molecule has 0 saturated heterocycles. The third-order valence-corrected chi connectivity index (χ3v) is 4.21. The maximum Gasteiger partial charge on any atom is 0.228 e. The van der Waals surface area contributed by atoms with Gasteiger partial charge in [-0.05, 0) is 36.1 Å². The Hall–Kier alpha value is -3.22. The average molecular weight is 335 g/mol. The predicted octanol–water partition coefficient (Wildman–Crippen LogP) is 2.76. The zero-order valence-corrected chi connectivity index (χ0v) is 13.5. The summed E-state index contributed by atoms with van der Waals surface area (Å²) in [7, 11) is 0. The molecule has 126 valence electrons. The molecule has 1 atom stereocenters. The number of nitrogens with one attached hydrogen (secondary N) is 2. The molecule has 2 aromatic heterocycles. The first-order valence-electron chi connectivity index (χ1n) is 8.14. The Bertz CT molecular complexity index is 878. The van der Waals surface area contributed by atoms with Crippen LogP contribution in [0.25, 0.3) is 11.4 Å². The summed E-state index contributed by atoms with van der Waals surface area (Å²) >= 11 is 0. The molecule has 7 heteroatoms. The number of carbonyl (C=O) groups excluding carboxylic acids is 1. The highest BCUT2D eigenvalue weighted by Gasteiger charge is 2.23. The summed E-state index contributed by atoms with van der Waals surface area (Å²) in [5.41, 5.74) is 1.94. The van der Waals surface area contributed by atoms with Crippen LogP contribution in [-0.4, -0.2) is 32.7 Å². The van der Waals surface area contributed by atoms with Gasteiger partial charge in [-0.3, -0.25) is 15.1 Å². The summed E-state index contributed by atoms with van der Waals surface area (Å²) in [6, 6.07) is 11.5. The van der Waals surface area contributed by atoms with Crippen molar-refractivity contribution < 1.29 is 9.53 Å². The summed E-state index contributed by atoms with van der Waals surface area (Å²) < 4.78 is 5.64. The Morgan fingerprint density at radius 2 is 2.04 bits per heavy atom. The van der Waals surface area contributed by atoms with Gasteiger partial charge in [-0.2, -0.15) is 0 Å². The number of amides is 1. The Labute approximate surface area is 144 Å². The van der Waals surface area contributed by atoms with E-state index in [0.717, 1.165) is 23.3 Å². The number of hydrogen-bond acceptors (Lipinski definition) is 5. The number of H-pyrrole nitrogens is 1. The van der Waals surface area contributed by atoms with Gasteiger partial charge in [0.05, 0.1) is 6.61 Å². The average Bonchev–Trinajstić information content (AvgIpc) is 3.11. The number of para-hydroxylation sites is 1. The monoisotopic (exact) mass is 335 g/mol. The van der Waals surface area contributed by atoms with Crippen LogP contribution in [0.3, 0.4) is 0 Å². The van der Waals surface area contributed by atoms with Crippen molar-refractivity contribution in [1.82, 2.24) is 20.2 Å². The number of ether oxygens (including phenoxy) is 1. The summed E-state index contributed by atoms with van der Waals surface area (Å²) in [6.07, 6.45) is 4.56. The van der Waals surface area contributed by atoms with Crippen LogP contribution in [0.15, 0.2) is 48.8 Å². The van der Waals surface area contributed by atoms with Crippen molar-refractivity contribution in [3.63, 3.8) is 0 Å². The SMILES string of the molecule is O=C(CC1CCOc2ccccc21)Nc1nnc(-c2ccncc2)[nH]1. The molecule has 3 aromatic rings. The Balaban J connectivity index is 1.43. The summed E-state index contributed by atoms with van der Waals surface area (Å²) in [5, 5.41) is 10.8. The standard InChI is InChI=1S/C18H17N5O2/c24-16(11-13-7-10-25-15-4-2-1-3-14(13)15)20-18-21-17(22-23-18)12-5-8-19-9-6-12/h1-6,8-9,13H,7,10-11H2,(H2,20,21,22,23,24). The minimum absolute atomic E-state index is 0.0980. The van der Waals surface area contributed by atoms with E-state index in [0.29, 0.717) is 24.8 Å². The lowest BCUT2D eigenvalue weighted by Crippen LogP contribution is -2.21. The number of benzene rings is 1. The molecule has 4 rings (SSSR count). The van der Waals surface area contributed by atoms with Crippen LogP contribution in [0.5, 0.6) is 5.75 Å². The van der Waals surface area contributed by atoms with E-state index in [1.54, 1.807) is 12.4 Å². The van der Waals surface area contributed by atoms with Gasteiger partial charge in [0.2, 0.25) is 11.9 Å². The molecule has 2 N–H and O–H groups in total. The first kappa shape index (κ1) is 15.3.